The summed E-state index contributed by atoms with van der Waals surface area (Å²) in [6.07, 6.45) is 3.65. The lowest BCUT2D eigenvalue weighted by molar-refractivity contribution is 0.110. The Hall–Kier alpha value is -2.31. The van der Waals surface area contributed by atoms with Crippen molar-refractivity contribution in [2.75, 3.05) is 26.2 Å². The molecule has 0 aliphatic carbocycles. The molecule has 1 aliphatic heterocycles. The Morgan fingerprint density at radius 2 is 1.88 bits per heavy atom. The van der Waals surface area contributed by atoms with E-state index in [1.165, 1.54) is 31.4 Å². The summed E-state index contributed by atoms with van der Waals surface area (Å²) in [5.74, 6) is 1.66. The number of benzene rings is 2. The zero-order valence-corrected chi connectivity index (χ0v) is 15.6. The van der Waals surface area contributed by atoms with Crippen LogP contribution in [0.3, 0.4) is 0 Å². The van der Waals surface area contributed by atoms with Crippen LogP contribution in [0.5, 0.6) is 5.75 Å². The summed E-state index contributed by atoms with van der Waals surface area (Å²) in [6, 6.07) is 20.6. The van der Waals surface area contributed by atoms with Gasteiger partial charge in [-0.25, -0.2) is 0 Å². The van der Waals surface area contributed by atoms with Crippen molar-refractivity contribution in [3.8, 4) is 11.8 Å². The van der Waals surface area contributed by atoms with Gasteiger partial charge in [0.2, 0.25) is 0 Å². The summed E-state index contributed by atoms with van der Waals surface area (Å²) in [6.45, 7) is 6.29. The molecule has 0 N–H and O–H groups in total. The van der Waals surface area contributed by atoms with Crippen molar-refractivity contribution in [1.82, 2.24) is 4.90 Å². The predicted molar refractivity (Wildman–Crippen MR) is 105 cm³/mol. The van der Waals surface area contributed by atoms with Crippen LogP contribution in [0.25, 0.3) is 0 Å². The van der Waals surface area contributed by atoms with Gasteiger partial charge in [0.1, 0.15) is 11.8 Å². The van der Waals surface area contributed by atoms with E-state index in [9.17, 15) is 5.26 Å². The van der Waals surface area contributed by atoms with E-state index < -0.39 is 0 Å². The van der Waals surface area contributed by atoms with Gasteiger partial charge in [-0.1, -0.05) is 55.8 Å². The van der Waals surface area contributed by atoms with Gasteiger partial charge >= 0.3 is 0 Å². The normalized spacial score (nSPS) is 20.5. The van der Waals surface area contributed by atoms with E-state index in [1.54, 1.807) is 0 Å². The maximum absolute atomic E-state index is 9.29. The number of piperidine rings is 1. The highest BCUT2D eigenvalue weighted by atomic mass is 16.5. The Balaban J connectivity index is 1.72. The minimum atomic E-state index is 0.440. The Kier molecular flexibility index (Phi) is 6.68. The summed E-state index contributed by atoms with van der Waals surface area (Å²) in [4.78, 5) is 2.58. The number of hydrogen-bond donors (Lipinski definition) is 0. The Morgan fingerprint density at radius 3 is 2.65 bits per heavy atom. The molecule has 1 saturated heterocycles. The molecule has 2 aromatic carbocycles. The Labute approximate surface area is 157 Å². The van der Waals surface area contributed by atoms with Crippen LogP contribution in [-0.2, 0) is 0 Å². The predicted octanol–water partition coefficient (Wildman–Crippen LogP) is 4.84. The molecule has 1 fully saturated rings. The van der Waals surface area contributed by atoms with Gasteiger partial charge in [0.05, 0.1) is 12.2 Å². The van der Waals surface area contributed by atoms with Gasteiger partial charge in [-0.2, -0.15) is 5.26 Å². The number of likely N-dealkylation sites (tertiary alicyclic amines) is 1. The summed E-state index contributed by atoms with van der Waals surface area (Å²) < 4.78 is 6.12. The second-order valence-corrected chi connectivity index (χ2v) is 7.14. The fraction of sp³-hybridized carbons (Fsp3) is 0.435. The highest BCUT2D eigenvalue weighted by molar-refractivity contribution is 5.42. The SMILES string of the molecule is CCCCN1CCC(c2ccccc2)C(COc2ccccc2C#N)C1. The first kappa shape index (κ1) is 18.5. The van der Waals surface area contributed by atoms with Gasteiger partial charge in [-0.15, -0.1) is 0 Å². The molecule has 136 valence electrons. The average Bonchev–Trinajstić information content (AvgIpc) is 2.71. The lowest BCUT2D eigenvalue weighted by Crippen LogP contribution is -2.42. The van der Waals surface area contributed by atoms with Crippen molar-refractivity contribution in [2.45, 2.75) is 32.1 Å². The number of unbranched alkanes of at least 4 members (excludes halogenated alkanes) is 1. The highest BCUT2D eigenvalue weighted by Gasteiger charge is 2.30. The molecule has 1 aliphatic rings. The van der Waals surface area contributed by atoms with Crippen LogP contribution in [-0.4, -0.2) is 31.1 Å². The highest BCUT2D eigenvalue weighted by Crippen LogP contribution is 2.34. The second kappa shape index (κ2) is 9.40. The number of rotatable bonds is 7. The first-order valence-electron chi connectivity index (χ1n) is 9.71. The van der Waals surface area contributed by atoms with Gasteiger partial charge in [-0.3, -0.25) is 0 Å². The van der Waals surface area contributed by atoms with Crippen molar-refractivity contribution in [3.63, 3.8) is 0 Å². The van der Waals surface area contributed by atoms with E-state index in [0.717, 1.165) is 13.1 Å². The van der Waals surface area contributed by atoms with Gasteiger partial charge in [0.15, 0.2) is 0 Å². The van der Waals surface area contributed by atoms with Crippen molar-refractivity contribution in [2.24, 2.45) is 5.92 Å². The fourth-order valence-corrected chi connectivity index (χ4v) is 3.88. The van der Waals surface area contributed by atoms with Crippen LogP contribution in [0.2, 0.25) is 0 Å². The lowest BCUT2D eigenvalue weighted by atomic mass is 9.81. The molecule has 26 heavy (non-hydrogen) atoms. The van der Waals surface area contributed by atoms with Crippen LogP contribution in [0.1, 0.15) is 43.2 Å². The first-order chi connectivity index (χ1) is 12.8. The Bertz CT molecular complexity index is 722. The molecule has 0 amide bonds. The monoisotopic (exact) mass is 348 g/mol. The quantitative estimate of drug-likeness (QED) is 0.718. The second-order valence-electron chi connectivity index (χ2n) is 7.14. The third-order valence-corrected chi connectivity index (χ3v) is 5.33. The maximum Gasteiger partial charge on any atom is 0.137 e. The Morgan fingerprint density at radius 1 is 1.12 bits per heavy atom. The van der Waals surface area contributed by atoms with Gasteiger partial charge < -0.3 is 9.64 Å². The summed E-state index contributed by atoms with van der Waals surface area (Å²) in [5.41, 5.74) is 2.02. The standard InChI is InChI=1S/C23H28N2O/c1-2-3-14-25-15-13-22(19-9-5-4-6-10-19)21(17-25)18-26-23-12-8-7-11-20(23)16-24/h4-12,21-22H,2-3,13-15,17-18H2,1H3. The van der Waals surface area contributed by atoms with Crippen LogP contribution >= 0.6 is 0 Å². The van der Waals surface area contributed by atoms with Crippen LogP contribution in [0.15, 0.2) is 54.6 Å². The van der Waals surface area contributed by atoms with Crippen LogP contribution in [0.4, 0.5) is 0 Å². The fourth-order valence-electron chi connectivity index (χ4n) is 3.88. The molecule has 0 radical (unpaired) electrons. The molecule has 0 saturated carbocycles. The van der Waals surface area contributed by atoms with E-state index in [4.69, 9.17) is 4.74 Å². The van der Waals surface area contributed by atoms with E-state index in [-0.39, 0.29) is 0 Å². The number of hydrogen-bond acceptors (Lipinski definition) is 3. The van der Waals surface area contributed by atoms with Crippen molar-refractivity contribution in [1.29, 1.82) is 5.26 Å². The zero-order chi connectivity index (χ0) is 18.2. The molecule has 0 aromatic heterocycles. The van der Waals surface area contributed by atoms with Crippen molar-refractivity contribution < 1.29 is 4.74 Å². The molecule has 2 unspecified atom stereocenters. The number of para-hydroxylation sites is 1. The average molecular weight is 348 g/mol. The molecule has 0 spiro atoms. The third kappa shape index (κ3) is 4.65. The van der Waals surface area contributed by atoms with Crippen LogP contribution < -0.4 is 4.74 Å². The topological polar surface area (TPSA) is 36.3 Å². The summed E-state index contributed by atoms with van der Waals surface area (Å²) in [5, 5.41) is 9.29. The summed E-state index contributed by atoms with van der Waals surface area (Å²) in [7, 11) is 0. The minimum absolute atomic E-state index is 0.440. The molecule has 0 bridgehead atoms. The molecule has 3 rings (SSSR count). The largest absolute Gasteiger partial charge is 0.492 e. The molecular weight excluding hydrogens is 320 g/mol. The number of ether oxygens (including phenoxy) is 1. The van der Waals surface area contributed by atoms with E-state index in [0.29, 0.717) is 29.8 Å². The smallest absolute Gasteiger partial charge is 0.137 e. The maximum atomic E-state index is 9.29. The third-order valence-electron chi connectivity index (χ3n) is 5.33. The van der Waals surface area contributed by atoms with Crippen molar-refractivity contribution >= 4 is 0 Å². The molecule has 2 atom stereocenters. The molecule has 3 heteroatoms. The van der Waals surface area contributed by atoms with Gasteiger partial charge in [0.25, 0.3) is 0 Å². The van der Waals surface area contributed by atoms with Crippen LogP contribution in [0, 0.1) is 17.2 Å². The number of nitriles is 1. The van der Waals surface area contributed by atoms with Gasteiger partial charge in [-0.05, 0) is 49.5 Å². The van der Waals surface area contributed by atoms with E-state index in [2.05, 4.69) is 48.2 Å². The lowest BCUT2D eigenvalue weighted by Gasteiger charge is -2.39. The molecule has 2 aromatic rings. The molecule has 3 nitrogen and oxygen atoms in total. The zero-order valence-electron chi connectivity index (χ0n) is 15.6. The minimum Gasteiger partial charge on any atom is -0.492 e. The van der Waals surface area contributed by atoms with E-state index in [1.807, 2.05) is 24.3 Å². The molecule has 1 heterocycles. The number of nitrogens with zero attached hydrogens (tertiary/aromatic N) is 2. The van der Waals surface area contributed by atoms with E-state index >= 15 is 0 Å². The first-order valence-corrected chi connectivity index (χ1v) is 9.71. The van der Waals surface area contributed by atoms with Crippen molar-refractivity contribution in [3.05, 3.63) is 65.7 Å². The van der Waals surface area contributed by atoms with Gasteiger partial charge in [0, 0.05) is 12.5 Å². The summed E-state index contributed by atoms with van der Waals surface area (Å²) >= 11 is 0. The molecular formula is C23H28N2O.